The van der Waals surface area contributed by atoms with E-state index in [1.54, 1.807) is 0 Å². The number of hydrogen-bond donors (Lipinski definition) is 0. The predicted octanol–water partition coefficient (Wildman–Crippen LogP) is 5.28. The molecule has 0 aromatic heterocycles. The molecule has 1 atom stereocenters. The first-order chi connectivity index (χ1) is 7.66. The zero-order chi connectivity index (χ0) is 12.2. The highest BCUT2D eigenvalue weighted by Gasteiger charge is 2.05. The molecule has 0 radical (unpaired) electrons. The van der Waals surface area contributed by atoms with Gasteiger partial charge in [0.2, 0.25) is 0 Å². The topological polar surface area (TPSA) is 26.3 Å². The van der Waals surface area contributed by atoms with Gasteiger partial charge in [0.1, 0.15) is 6.10 Å². The van der Waals surface area contributed by atoms with Crippen LogP contribution in [0.15, 0.2) is 0 Å². The van der Waals surface area contributed by atoms with Gasteiger partial charge in [-0.3, -0.25) is 0 Å². The van der Waals surface area contributed by atoms with Gasteiger partial charge in [0.05, 0.1) is 0 Å². The van der Waals surface area contributed by atoms with Gasteiger partial charge in [-0.25, -0.2) is 4.79 Å². The van der Waals surface area contributed by atoms with Crippen LogP contribution in [0.5, 0.6) is 0 Å². The van der Waals surface area contributed by atoms with Crippen LogP contribution in [-0.2, 0) is 4.74 Å². The van der Waals surface area contributed by atoms with Crippen molar-refractivity contribution in [2.75, 3.05) is 0 Å². The van der Waals surface area contributed by atoms with Gasteiger partial charge in [-0.2, -0.15) is 0 Å². The molecule has 0 heterocycles. The number of carbonyl (C=O) groups excluding carboxylic acids is 1. The molecular weight excluding hydrogens is 224 g/mol. The van der Waals surface area contributed by atoms with Crippen molar-refractivity contribution in [2.45, 2.75) is 77.7 Å². The van der Waals surface area contributed by atoms with Crippen LogP contribution in [0.1, 0.15) is 71.6 Å². The molecule has 0 aromatic carbocycles. The minimum absolute atomic E-state index is 0.0370. The van der Waals surface area contributed by atoms with Crippen LogP contribution in [0.2, 0.25) is 0 Å². The summed E-state index contributed by atoms with van der Waals surface area (Å²) in [7, 11) is 0. The standard InChI is InChI=1S/C13H25ClO2/c1-3-4-5-6-7-8-9-10-11-12(2)16-13(14)15/h12H,3-11H2,1-2H3. The first-order valence-electron chi connectivity index (χ1n) is 6.53. The summed E-state index contributed by atoms with van der Waals surface area (Å²) in [6.07, 6.45) is 11.3. The molecule has 0 aromatic rings. The van der Waals surface area contributed by atoms with Crippen LogP contribution in [0, 0.1) is 0 Å². The lowest BCUT2D eigenvalue weighted by Crippen LogP contribution is -2.09. The number of carbonyl (C=O) groups is 1. The minimum atomic E-state index is -0.688. The largest absolute Gasteiger partial charge is 0.451 e. The molecule has 0 N–H and O–H groups in total. The summed E-state index contributed by atoms with van der Waals surface area (Å²) in [5.41, 5.74) is -0.688. The monoisotopic (exact) mass is 248 g/mol. The Morgan fingerprint density at radius 2 is 1.56 bits per heavy atom. The van der Waals surface area contributed by atoms with Crippen LogP contribution in [0.25, 0.3) is 0 Å². The zero-order valence-corrected chi connectivity index (χ0v) is 11.4. The zero-order valence-electron chi connectivity index (χ0n) is 10.6. The Morgan fingerprint density at radius 3 is 2.06 bits per heavy atom. The number of halogens is 1. The number of ether oxygens (including phenoxy) is 1. The van der Waals surface area contributed by atoms with E-state index in [0.29, 0.717) is 0 Å². The highest BCUT2D eigenvalue weighted by Crippen LogP contribution is 2.12. The van der Waals surface area contributed by atoms with Gasteiger partial charge in [0.25, 0.3) is 0 Å². The normalized spacial score (nSPS) is 12.4. The third-order valence-corrected chi connectivity index (χ3v) is 2.85. The lowest BCUT2D eigenvalue weighted by atomic mass is 10.1. The van der Waals surface area contributed by atoms with Gasteiger partial charge in [-0.1, -0.05) is 51.9 Å². The fraction of sp³-hybridized carbons (Fsp3) is 0.923. The van der Waals surface area contributed by atoms with Crippen molar-refractivity contribution in [1.29, 1.82) is 0 Å². The first-order valence-corrected chi connectivity index (χ1v) is 6.90. The SMILES string of the molecule is CCCCCCCCCCC(C)OC(=O)Cl. The van der Waals surface area contributed by atoms with Gasteiger partial charge >= 0.3 is 5.43 Å². The fourth-order valence-corrected chi connectivity index (χ4v) is 1.93. The van der Waals surface area contributed by atoms with Crippen molar-refractivity contribution >= 4 is 17.0 Å². The van der Waals surface area contributed by atoms with E-state index in [0.717, 1.165) is 12.8 Å². The van der Waals surface area contributed by atoms with E-state index < -0.39 is 5.43 Å². The number of hydrogen-bond acceptors (Lipinski definition) is 2. The molecule has 0 saturated heterocycles. The Bertz CT molecular complexity index is 171. The summed E-state index contributed by atoms with van der Waals surface area (Å²) in [4.78, 5) is 10.4. The number of rotatable bonds is 10. The molecule has 1 unspecified atom stereocenters. The van der Waals surface area contributed by atoms with E-state index in [2.05, 4.69) is 6.92 Å². The molecule has 0 rings (SSSR count). The molecule has 16 heavy (non-hydrogen) atoms. The molecule has 0 saturated carbocycles. The average Bonchev–Trinajstić information content (AvgIpc) is 2.21. The van der Waals surface area contributed by atoms with Crippen LogP contribution < -0.4 is 0 Å². The Labute approximate surface area is 105 Å². The molecule has 0 aliphatic heterocycles. The molecule has 2 nitrogen and oxygen atoms in total. The van der Waals surface area contributed by atoms with Crippen LogP contribution >= 0.6 is 11.6 Å². The molecular formula is C13H25ClO2. The highest BCUT2D eigenvalue weighted by molar-refractivity contribution is 6.61. The molecule has 96 valence electrons. The van der Waals surface area contributed by atoms with Crippen LogP contribution in [0.3, 0.4) is 0 Å². The van der Waals surface area contributed by atoms with E-state index in [9.17, 15) is 4.79 Å². The molecule has 0 aliphatic carbocycles. The van der Waals surface area contributed by atoms with Crippen molar-refractivity contribution in [3.8, 4) is 0 Å². The Balaban J connectivity index is 3.11. The fourth-order valence-electron chi connectivity index (χ4n) is 1.78. The maximum absolute atomic E-state index is 10.4. The van der Waals surface area contributed by atoms with Crippen molar-refractivity contribution in [1.82, 2.24) is 0 Å². The van der Waals surface area contributed by atoms with Crippen molar-refractivity contribution in [3.63, 3.8) is 0 Å². The van der Waals surface area contributed by atoms with E-state index >= 15 is 0 Å². The van der Waals surface area contributed by atoms with Gasteiger partial charge in [0, 0.05) is 11.6 Å². The van der Waals surface area contributed by atoms with Crippen molar-refractivity contribution < 1.29 is 9.53 Å². The third-order valence-electron chi connectivity index (χ3n) is 2.76. The quantitative estimate of drug-likeness (QED) is 0.388. The smallest absolute Gasteiger partial charge is 0.404 e. The Morgan fingerprint density at radius 1 is 1.06 bits per heavy atom. The summed E-state index contributed by atoms with van der Waals surface area (Å²) < 4.78 is 4.84. The van der Waals surface area contributed by atoms with E-state index in [1.807, 2.05) is 6.92 Å². The summed E-state index contributed by atoms with van der Waals surface area (Å²) in [5.74, 6) is 0. The summed E-state index contributed by atoms with van der Waals surface area (Å²) >= 11 is 5.12. The van der Waals surface area contributed by atoms with Gasteiger partial charge < -0.3 is 4.74 Å². The summed E-state index contributed by atoms with van der Waals surface area (Å²) in [6.45, 7) is 4.13. The molecule has 0 amide bonds. The molecule has 0 bridgehead atoms. The Kier molecular flexibility index (Phi) is 11.1. The second-order valence-corrected chi connectivity index (χ2v) is 4.74. The van der Waals surface area contributed by atoms with Gasteiger partial charge in [0.15, 0.2) is 0 Å². The van der Waals surface area contributed by atoms with E-state index in [4.69, 9.17) is 16.3 Å². The van der Waals surface area contributed by atoms with Gasteiger partial charge in [-0.15, -0.1) is 0 Å². The molecule has 0 aliphatic rings. The predicted molar refractivity (Wildman–Crippen MR) is 69.0 cm³/mol. The lowest BCUT2D eigenvalue weighted by molar-refractivity contribution is 0.124. The maximum Gasteiger partial charge on any atom is 0.404 e. The summed E-state index contributed by atoms with van der Waals surface area (Å²) in [5, 5.41) is 0. The molecule has 3 heteroatoms. The van der Waals surface area contributed by atoms with E-state index in [1.165, 1.54) is 44.9 Å². The number of unbranched alkanes of at least 4 members (excludes halogenated alkanes) is 7. The molecule has 0 spiro atoms. The third kappa shape index (κ3) is 11.8. The van der Waals surface area contributed by atoms with Crippen molar-refractivity contribution in [3.05, 3.63) is 0 Å². The van der Waals surface area contributed by atoms with Crippen LogP contribution in [0.4, 0.5) is 4.79 Å². The maximum atomic E-state index is 10.4. The molecule has 0 fully saturated rings. The summed E-state index contributed by atoms with van der Waals surface area (Å²) in [6, 6.07) is 0. The highest BCUT2D eigenvalue weighted by atomic mass is 35.5. The second-order valence-electron chi connectivity index (χ2n) is 4.43. The van der Waals surface area contributed by atoms with Crippen LogP contribution in [-0.4, -0.2) is 11.5 Å². The average molecular weight is 249 g/mol. The van der Waals surface area contributed by atoms with Gasteiger partial charge in [-0.05, 0) is 19.8 Å². The minimum Gasteiger partial charge on any atom is -0.451 e. The first kappa shape index (κ1) is 15.8. The van der Waals surface area contributed by atoms with Crippen molar-refractivity contribution in [2.24, 2.45) is 0 Å². The second kappa shape index (κ2) is 11.3. The van der Waals surface area contributed by atoms with E-state index in [-0.39, 0.29) is 6.10 Å². The lowest BCUT2D eigenvalue weighted by Gasteiger charge is -2.10. The Hall–Kier alpha value is -0.240.